The number of anilines is 1. The van der Waals surface area contributed by atoms with Crippen LogP contribution in [0.4, 0.5) is 5.69 Å². The summed E-state index contributed by atoms with van der Waals surface area (Å²) in [7, 11) is 0. The van der Waals surface area contributed by atoms with Gasteiger partial charge in [-0.15, -0.1) is 5.10 Å². The lowest BCUT2D eigenvalue weighted by atomic mass is 10.2. The van der Waals surface area contributed by atoms with Gasteiger partial charge in [-0.3, -0.25) is 9.36 Å². The molecule has 30 heavy (non-hydrogen) atoms. The Morgan fingerprint density at radius 2 is 1.83 bits per heavy atom. The molecular formula is C21H22ClN5O3. The summed E-state index contributed by atoms with van der Waals surface area (Å²) < 4.78 is 8.37. The largest absolute Gasteiger partial charge is 0.461 e. The Hall–Kier alpha value is -3.00. The first-order valence-electron chi connectivity index (χ1n) is 10.1. The van der Waals surface area contributed by atoms with Crippen molar-refractivity contribution in [3.8, 4) is 11.6 Å². The molecule has 1 saturated carbocycles. The zero-order valence-electron chi connectivity index (χ0n) is 16.4. The predicted octanol–water partition coefficient (Wildman–Crippen LogP) is 2.64. The van der Waals surface area contributed by atoms with Gasteiger partial charge in [-0.1, -0.05) is 11.6 Å². The van der Waals surface area contributed by atoms with Gasteiger partial charge in [0.2, 0.25) is 11.7 Å². The van der Waals surface area contributed by atoms with Crippen LogP contribution in [0.5, 0.6) is 0 Å². The maximum atomic E-state index is 12.9. The number of carbonyl (C=O) groups is 1. The van der Waals surface area contributed by atoms with Gasteiger partial charge in [-0.2, -0.15) is 0 Å². The summed E-state index contributed by atoms with van der Waals surface area (Å²) in [6.07, 6.45) is 3.45. The van der Waals surface area contributed by atoms with Crippen LogP contribution < -0.4 is 10.6 Å². The van der Waals surface area contributed by atoms with Gasteiger partial charge in [0.1, 0.15) is 6.54 Å². The number of piperazine rings is 1. The maximum absolute atomic E-state index is 12.9. The van der Waals surface area contributed by atoms with Crippen LogP contribution in [0.2, 0.25) is 5.02 Å². The van der Waals surface area contributed by atoms with Crippen LogP contribution in [-0.2, 0) is 11.3 Å². The number of halogens is 1. The molecule has 1 aromatic carbocycles. The van der Waals surface area contributed by atoms with Gasteiger partial charge < -0.3 is 14.2 Å². The fourth-order valence-electron chi connectivity index (χ4n) is 3.85. The molecule has 2 aliphatic rings. The first-order valence-corrected chi connectivity index (χ1v) is 10.5. The second-order valence-corrected chi connectivity index (χ2v) is 8.12. The van der Waals surface area contributed by atoms with Crippen molar-refractivity contribution in [1.29, 1.82) is 0 Å². The van der Waals surface area contributed by atoms with Gasteiger partial charge in [-0.05, 0) is 49.2 Å². The van der Waals surface area contributed by atoms with Gasteiger partial charge in [0.05, 0.1) is 6.26 Å². The van der Waals surface area contributed by atoms with E-state index in [2.05, 4.69) is 10.00 Å². The van der Waals surface area contributed by atoms with E-state index in [-0.39, 0.29) is 24.2 Å². The normalized spacial score (nSPS) is 16.8. The van der Waals surface area contributed by atoms with Crippen molar-refractivity contribution in [3.63, 3.8) is 0 Å². The zero-order valence-corrected chi connectivity index (χ0v) is 17.2. The van der Waals surface area contributed by atoms with Crippen LogP contribution in [0.1, 0.15) is 18.9 Å². The Labute approximate surface area is 178 Å². The molecule has 8 nitrogen and oxygen atoms in total. The SMILES string of the molecule is O=C(Cn1nc(-c2ccco2)n(C2CC2)c1=O)N1CCN(c2ccc(Cl)cc2)CC1. The molecule has 3 aromatic rings. The molecule has 3 heterocycles. The molecule has 1 aliphatic carbocycles. The highest BCUT2D eigenvalue weighted by atomic mass is 35.5. The molecule has 0 radical (unpaired) electrons. The minimum absolute atomic E-state index is 0.0623. The number of nitrogens with zero attached hydrogens (tertiary/aromatic N) is 5. The fourth-order valence-corrected chi connectivity index (χ4v) is 3.98. The van der Waals surface area contributed by atoms with Crippen molar-refractivity contribution in [3.05, 3.63) is 58.2 Å². The average molecular weight is 428 g/mol. The second-order valence-electron chi connectivity index (χ2n) is 7.69. The quantitative estimate of drug-likeness (QED) is 0.625. The predicted molar refractivity (Wildman–Crippen MR) is 113 cm³/mol. The summed E-state index contributed by atoms with van der Waals surface area (Å²) in [4.78, 5) is 29.8. The van der Waals surface area contributed by atoms with Crippen molar-refractivity contribution in [2.24, 2.45) is 0 Å². The molecule has 0 atom stereocenters. The molecule has 0 bridgehead atoms. The van der Waals surface area contributed by atoms with Crippen LogP contribution in [0.25, 0.3) is 11.6 Å². The van der Waals surface area contributed by atoms with E-state index in [4.69, 9.17) is 16.0 Å². The molecule has 1 aliphatic heterocycles. The molecule has 0 unspecified atom stereocenters. The number of hydrogen-bond donors (Lipinski definition) is 0. The first kappa shape index (κ1) is 19.0. The standard InChI is InChI=1S/C21H22ClN5O3/c22-15-3-5-16(6-4-15)24-9-11-25(12-10-24)19(28)14-26-21(29)27(17-7-8-17)20(23-26)18-2-1-13-30-18/h1-6,13,17H,7-12,14H2. The van der Waals surface area contributed by atoms with Crippen LogP contribution in [0, 0.1) is 0 Å². The van der Waals surface area contributed by atoms with E-state index >= 15 is 0 Å². The van der Waals surface area contributed by atoms with Gasteiger partial charge in [0, 0.05) is 42.9 Å². The molecule has 0 spiro atoms. The van der Waals surface area contributed by atoms with E-state index in [0.717, 1.165) is 31.6 Å². The van der Waals surface area contributed by atoms with Crippen molar-refractivity contribution < 1.29 is 9.21 Å². The smallest absolute Gasteiger partial charge is 0.347 e. The lowest BCUT2D eigenvalue weighted by molar-refractivity contribution is -0.132. The third-order valence-electron chi connectivity index (χ3n) is 5.63. The van der Waals surface area contributed by atoms with Gasteiger partial charge in [-0.25, -0.2) is 9.48 Å². The summed E-state index contributed by atoms with van der Waals surface area (Å²) in [6, 6.07) is 11.4. The molecule has 1 amide bonds. The molecule has 156 valence electrons. The van der Waals surface area contributed by atoms with E-state index < -0.39 is 0 Å². The van der Waals surface area contributed by atoms with Crippen LogP contribution in [-0.4, -0.2) is 51.3 Å². The molecule has 0 N–H and O–H groups in total. The van der Waals surface area contributed by atoms with E-state index in [0.29, 0.717) is 29.7 Å². The molecule has 1 saturated heterocycles. The maximum Gasteiger partial charge on any atom is 0.347 e. The number of carbonyl (C=O) groups excluding carboxylic acids is 1. The van der Waals surface area contributed by atoms with E-state index in [1.165, 1.54) is 4.68 Å². The summed E-state index contributed by atoms with van der Waals surface area (Å²) in [6.45, 7) is 2.61. The van der Waals surface area contributed by atoms with Gasteiger partial charge in [0.25, 0.3) is 0 Å². The van der Waals surface area contributed by atoms with Crippen molar-refractivity contribution in [2.45, 2.75) is 25.4 Å². The minimum Gasteiger partial charge on any atom is -0.461 e. The topological polar surface area (TPSA) is 76.5 Å². The lowest BCUT2D eigenvalue weighted by Crippen LogP contribution is -2.50. The number of benzene rings is 1. The third-order valence-corrected chi connectivity index (χ3v) is 5.89. The minimum atomic E-state index is -0.253. The Bertz CT molecular complexity index is 1090. The molecule has 2 fully saturated rings. The third kappa shape index (κ3) is 3.63. The molecule has 2 aromatic heterocycles. The number of hydrogen-bond acceptors (Lipinski definition) is 5. The lowest BCUT2D eigenvalue weighted by Gasteiger charge is -2.36. The molecule has 9 heteroatoms. The van der Waals surface area contributed by atoms with Crippen LogP contribution in [0.15, 0.2) is 51.9 Å². The molecule has 5 rings (SSSR count). The monoisotopic (exact) mass is 427 g/mol. The van der Waals surface area contributed by atoms with Gasteiger partial charge >= 0.3 is 5.69 Å². The van der Waals surface area contributed by atoms with Crippen molar-refractivity contribution in [1.82, 2.24) is 19.2 Å². The highest BCUT2D eigenvalue weighted by Crippen LogP contribution is 2.36. The van der Waals surface area contributed by atoms with Gasteiger partial charge in [0.15, 0.2) is 5.76 Å². The highest BCUT2D eigenvalue weighted by molar-refractivity contribution is 6.30. The van der Waals surface area contributed by atoms with E-state index in [1.54, 1.807) is 27.9 Å². The first-order chi connectivity index (χ1) is 14.6. The number of amides is 1. The summed E-state index contributed by atoms with van der Waals surface area (Å²) >= 11 is 5.96. The van der Waals surface area contributed by atoms with Crippen LogP contribution >= 0.6 is 11.6 Å². The number of rotatable bonds is 5. The van der Waals surface area contributed by atoms with E-state index in [1.807, 2.05) is 24.3 Å². The second kappa shape index (κ2) is 7.68. The average Bonchev–Trinajstić information content (AvgIpc) is 3.34. The highest BCUT2D eigenvalue weighted by Gasteiger charge is 2.32. The number of furan rings is 1. The zero-order chi connectivity index (χ0) is 20.7. The molecular weight excluding hydrogens is 406 g/mol. The Kier molecular flexibility index (Phi) is 4.86. The van der Waals surface area contributed by atoms with Crippen LogP contribution in [0.3, 0.4) is 0 Å². The summed E-state index contributed by atoms with van der Waals surface area (Å²) in [5, 5.41) is 5.13. The Morgan fingerprint density at radius 1 is 1.10 bits per heavy atom. The summed E-state index contributed by atoms with van der Waals surface area (Å²) in [5.74, 6) is 0.939. The Morgan fingerprint density at radius 3 is 2.47 bits per heavy atom. The number of aromatic nitrogens is 3. The van der Waals surface area contributed by atoms with Crippen molar-refractivity contribution >= 4 is 23.2 Å². The van der Waals surface area contributed by atoms with Crippen molar-refractivity contribution in [2.75, 3.05) is 31.1 Å². The summed E-state index contributed by atoms with van der Waals surface area (Å²) in [5.41, 5.74) is 0.839. The van der Waals surface area contributed by atoms with E-state index in [9.17, 15) is 9.59 Å². The Balaban J connectivity index is 1.28. The fraction of sp³-hybridized carbons (Fsp3) is 0.381.